The van der Waals surface area contributed by atoms with Crippen molar-refractivity contribution < 1.29 is 0 Å². The summed E-state index contributed by atoms with van der Waals surface area (Å²) in [4.78, 5) is 2.59. The van der Waals surface area contributed by atoms with Gasteiger partial charge < -0.3 is 14.0 Å². The molecule has 0 spiro atoms. The lowest BCUT2D eigenvalue weighted by molar-refractivity contribution is 0.830. The van der Waals surface area contributed by atoms with Crippen molar-refractivity contribution in [1.29, 1.82) is 0 Å². The Bertz CT molecular complexity index is 3160. The molecule has 8 aromatic carbocycles. The normalized spacial score (nSPS) is 14.8. The highest BCUT2D eigenvalue weighted by Crippen LogP contribution is 2.50. The molecule has 2 aliphatic rings. The molecule has 0 bridgehead atoms. The van der Waals surface area contributed by atoms with Gasteiger partial charge in [-0.05, 0) is 94.9 Å². The van der Waals surface area contributed by atoms with Crippen molar-refractivity contribution in [2.45, 2.75) is 12.5 Å². The molecule has 3 nitrogen and oxygen atoms in total. The van der Waals surface area contributed by atoms with Gasteiger partial charge in [0.2, 0.25) is 0 Å². The summed E-state index contributed by atoms with van der Waals surface area (Å²) in [7, 11) is 0. The van der Waals surface area contributed by atoms with Crippen LogP contribution in [0.5, 0.6) is 0 Å². The number of fused-ring (bicyclic) bond motifs is 9. The molecule has 2 aromatic heterocycles. The van der Waals surface area contributed by atoms with E-state index in [0.29, 0.717) is 0 Å². The van der Waals surface area contributed by atoms with Crippen LogP contribution in [0.4, 0.5) is 11.4 Å². The van der Waals surface area contributed by atoms with Gasteiger partial charge in [0.05, 0.1) is 33.8 Å². The first-order valence-electron chi connectivity index (χ1n) is 19.9. The highest BCUT2D eigenvalue weighted by molar-refractivity contribution is 6.15. The van der Waals surface area contributed by atoms with Gasteiger partial charge in [-0.15, -0.1) is 0 Å². The van der Waals surface area contributed by atoms with Gasteiger partial charge in [-0.2, -0.15) is 0 Å². The van der Waals surface area contributed by atoms with E-state index in [-0.39, 0.29) is 6.04 Å². The largest absolute Gasteiger partial charge is 0.333 e. The molecule has 0 radical (unpaired) electrons. The predicted octanol–water partition coefficient (Wildman–Crippen LogP) is 14.1. The lowest BCUT2D eigenvalue weighted by atomic mass is 9.95. The molecule has 0 fully saturated rings. The lowest BCUT2D eigenvalue weighted by Gasteiger charge is -2.29. The Hall–Kier alpha value is -7.36. The number of hydrogen-bond acceptors (Lipinski definition) is 1. The number of benzene rings is 8. The number of nitrogens with zero attached hydrogens (tertiary/aromatic N) is 3. The molecule has 57 heavy (non-hydrogen) atoms. The third-order valence-corrected chi connectivity index (χ3v) is 12.2. The van der Waals surface area contributed by atoms with E-state index in [9.17, 15) is 0 Å². The van der Waals surface area contributed by atoms with Crippen LogP contribution in [0.15, 0.2) is 206 Å². The van der Waals surface area contributed by atoms with E-state index in [1.807, 2.05) is 0 Å². The first kappa shape index (κ1) is 31.9. The lowest BCUT2D eigenvalue weighted by Crippen LogP contribution is -2.27. The van der Waals surface area contributed by atoms with Crippen LogP contribution >= 0.6 is 0 Å². The second kappa shape index (κ2) is 12.6. The molecule has 0 saturated heterocycles. The van der Waals surface area contributed by atoms with Crippen molar-refractivity contribution in [3.8, 4) is 33.6 Å². The summed E-state index contributed by atoms with van der Waals surface area (Å²) in [5.41, 5.74) is 17.1. The Morgan fingerprint density at radius 3 is 1.61 bits per heavy atom. The maximum Gasteiger partial charge on any atom is 0.0782 e. The third kappa shape index (κ3) is 4.85. The Labute approximate surface area is 331 Å². The number of hydrogen-bond donors (Lipinski definition) is 0. The molecule has 1 aliphatic carbocycles. The van der Waals surface area contributed by atoms with Crippen LogP contribution in [0.1, 0.15) is 12.0 Å². The maximum absolute atomic E-state index is 2.59. The van der Waals surface area contributed by atoms with E-state index >= 15 is 0 Å². The standard InChI is InChI=1S/C54H37N3/c1-3-16-36(17-4-1)38-32-39(37-18-5-2-6-19-37)34-41(33-38)55-48-25-11-10-23-45(48)47-35-40(30-31-52(47)55)56-49-26-12-9-22-44(49)46-24-15-29-53(54(46)56)57-50-27-13-7-20-42(50)43-21-8-14-28-51(43)57/h1-24,26-35,48H,25H2. The van der Waals surface area contributed by atoms with Crippen molar-refractivity contribution in [1.82, 2.24) is 9.13 Å². The summed E-state index contributed by atoms with van der Waals surface area (Å²) >= 11 is 0. The Kier molecular flexibility index (Phi) is 7.05. The summed E-state index contributed by atoms with van der Waals surface area (Å²) in [6.07, 6.45) is 7.84. The first-order chi connectivity index (χ1) is 28.3. The molecule has 3 heterocycles. The monoisotopic (exact) mass is 727 g/mol. The van der Waals surface area contributed by atoms with Gasteiger partial charge in [0.1, 0.15) is 0 Å². The molecule has 10 aromatic rings. The molecule has 12 rings (SSSR count). The second-order valence-corrected chi connectivity index (χ2v) is 15.3. The number of aromatic nitrogens is 2. The van der Waals surface area contributed by atoms with Gasteiger partial charge >= 0.3 is 0 Å². The van der Waals surface area contributed by atoms with Gasteiger partial charge in [0, 0.05) is 44.2 Å². The summed E-state index contributed by atoms with van der Waals surface area (Å²) in [6.45, 7) is 0. The Morgan fingerprint density at radius 2 is 0.965 bits per heavy atom. The SMILES string of the molecule is C1=CCC2C(=C1)c1cc(-n3c4ccccc4c4cccc(-n5c6ccccc6c6ccccc65)c43)ccc1N2c1cc(-c2ccccc2)cc(-c2ccccc2)c1. The highest BCUT2D eigenvalue weighted by Gasteiger charge is 2.36. The van der Waals surface area contributed by atoms with Crippen LogP contribution in [0.3, 0.4) is 0 Å². The molecule has 3 heteroatoms. The molecular weight excluding hydrogens is 691 g/mol. The number of allylic oxidation sites excluding steroid dienone is 2. The van der Waals surface area contributed by atoms with Crippen LogP contribution in [0.25, 0.3) is 82.8 Å². The molecule has 0 saturated carbocycles. The van der Waals surface area contributed by atoms with Crippen LogP contribution in [0.2, 0.25) is 0 Å². The van der Waals surface area contributed by atoms with E-state index in [2.05, 4.69) is 220 Å². The zero-order valence-corrected chi connectivity index (χ0v) is 31.3. The smallest absolute Gasteiger partial charge is 0.0782 e. The average molecular weight is 728 g/mol. The van der Waals surface area contributed by atoms with Crippen LogP contribution in [0, 0.1) is 0 Å². The third-order valence-electron chi connectivity index (χ3n) is 12.2. The number of para-hydroxylation sites is 4. The Balaban J connectivity index is 1.09. The fraction of sp³-hybridized carbons (Fsp3) is 0.0370. The van der Waals surface area contributed by atoms with E-state index in [1.54, 1.807) is 0 Å². The minimum absolute atomic E-state index is 0.196. The van der Waals surface area contributed by atoms with E-state index in [0.717, 1.165) is 12.1 Å². The van der Waals surface area contributed by atoms with Crippen LogP contribution in [-0.4, -0.2) is 15.2 Å². The molecule has 1 atom stereocenters. The first-order valence-corrected chi connectivity index (χ1v) is 19.9. The second-order valence-electron chi connectivity index (χ2n) is 15.3. The van der Waals surface area contributed by atoms with E-state index in [1.165, 1.54) is 94.1 Å². The summed E-state index contributed by atoms with van der Waals surface area (Å²) in [5, 5.41) is 5.03. The van der Waals surface area contributed by atoms with Crippen LogP contribution < -0.4 is 4.90 Å². The summed E-state index contributed by atoms with van der Waals surface area (Å²) < 4.78 is 4.97. The summed E-state index contributed by atoms with van der Waals surface area (Å²) in [6, 6.07) is 69.3. The quantitative estimate of drug-likeness (QED) is 0.172. The van der Waals surface area contributed by atoms with Crippen molar-refractivity contribution in [3.63, 3.8) is 0 Å². The minimum atomic E-state index is 0.196. The van der Waals surface area contributed by atoms with Gasteiger partial charge in [-0.3, -0.25) is 0 Å². The van der Waals surface area contributed by atoms with Gasteiger partial charge in [0.25, 0.3) is 0 Å². The molecular formula is C54H37N3. The average Bonchev–Trinajstić information content (AvgIpc) is 3.93. The zero-order chi connectivity index (χ0) is 37.5. The fourth-order valence-corrected chi connectivity index (χ4v) is 9.70. The van der Waals surface area contributed by atoms with E-state index < -0.39 is 0 Å². The molecule has 1 unspecified atom stereocenters. The number of rotatable bonds is 5. The minimum Gasteiger partial charge on any atom is -0.333 e. The van der Waals surface area contributed by atoms with Crippen LogP contribution in [-0.2, 0) is 0 Å². The van der Waals surface area contributed by atoms with Crippen molar-refractivity contribution in [3.05, 3.63) is 212 Å². The van der Waals surface area contributed by atoms with Gasteiger partial charge in [-0.1, -0.05) is 146 Å². The molecule has 0 N–H and O–H groups in total. The molecule has 0 amide bonds. The van der Waals surface area contributed by atoms with Crippen molar-refractivity contribution in [2.24, 2.45) is 0 Å². The van der Waals surface area contributed by atoms with Crippen molar-refractivity contribution in [2.75, 3.05) is 4.90 Å². The topological polar surface area (TPSA) is 13.1 Å². The molecule has 1 aliphatic heterocycles. The van der Waals surface area contributed by atoms with E-state index in [4.69, 9.17) is 0 Å². The highest BCUT2D eigenvalue weighted by atomic mass is 15.2. The molecule has 268 valence electrons. The van der Waals surface area contributed by atoms with Crippen molar-refractivity contribution >= 4 is 60.6 Å². The Morgan fingerprint density at radius 1 is 0.404 bits per heavy atom. The maximum atomic E-state index is 2.59. The zero-order valence-electron chi connectivity index (χ0n) is 31.3. The van der Waals surface area contributed by atoms with Gasteiger partial charge in [0.15, 0.2) is 0 Å². The van der Waals surface area contributed by atoms with Gasteiger partial charge in [-0.25, -0.2) is 0 Å². The summed E-state index contributed by atoms with van der Waals surface area (Å²) in [5.74, 6) is 0. The predicted molar refractivity (Wildman–Crippen MR) is 240 cm³/mol. The number of anilines is 2. The fourth-order valence-electron chi connectivity index (χ4n) is 9.70.